The molecule has 1 saturated heterocycles. The number of benzene rings is 2. The Morgan fingerprint density at radius 1 is 1.09 bits per heavy atom. The first kappa shape index (κ1) is 21.7. The van der Waals surface area contributed by atoms with Crippen molar-refractivity contribution in [1.82, 2.24) is 15.2 Å². The maximum atomic E-state index is 13.9. The summed E-state index contributed by atoms with van der Waals surface area (Å²) in [6.07, 6.45) is 4.34. The van der Waals surface area contributed by atoms with E-state index in [1.54, 1.807) is 5.56 Å². The van der Waals surface area contributed by atoms with E-state index >= 15 is 0 Å². The predicted molar refractivity (Wildman–Crippen MR) is 136 cm³/mol. The highest BCUT2D eigenvalue weighted by Crippen LogP contribution is 2.53. The number of piperidine rings is 1. The summed E-state index contributed by atoms with van der Waals surface area (Å²) in [6, 6.07) is 20.1. The van der Waals surface area contributed by atoms with Gasteiger partial charge in [-0.2, -0.15) is 0 Å². The molecule has 0 spiro atoms. The molecule has 4 nitrogen and oxygen atoms in total. The average Bonchev–Trinajstić information content (AvgIpc) is 3.16. The second-order valence-corrected chi connectivity index (χ2v) is 10.9. The van der Waals surface area contributed by atoms with Crippen molar-refractivity contribution in [2.75, 3.05) is 6.54 Å². The Balaban J connectivity index is 1.37. The number of amides is 1. The smallest absolute Gasteiger partial charge is 0.271 e. The Labute approximate surface area is 202 Å². The molecule has 3 aliphatic rings. The van der Waals surface area contributed by atoms with Gasteiger partial charge in [0.05, 0.1) is 0 Å². The average molecular weight is 454 g/mol. The van der Waals surface area contributed by atoms with Gasteiger partial charge in [0.2, 0.25) is 0 Å². The van der Waals surface area contributed by atoms with Gasteiger partial charge in [0.25, 0.3) is 5.91 Å². The lowest BCUT2D eigenvalue weighted by Crippen LogP contribution is -2.61. The van der Waals surface area contributed by atoms with Gasteiger partial charge in [0.1, 0.15) is 5.69 Å². The van der Waals surface area contributed by atoms with Crippen molar-refractivity contribution in [3.8, 4) is 0 Å². The maximum Gasteiger partial charge on any atom is 0.271 e. The Bertz CT molecular complexity index is 1230. The second-order valence-electron chi connectivity index (χ2n) is 10.9. The van der Waals surface area contributed by atoms with Crippen molar-refractivity contribution >= 4 is 5.91 Å². The summed E-state index contributed by atoms with van der Waals surface area (Å²) in [6.45, 7) is 8.08. The van der Waals surface area contributed by atoms with Gasteiger partial charge in [0.15, 0.2) is 0 Å². The molecule has 34 heavy (non-hydrogen) atoms. The third-order valence-corrected chi connectivity index (χ3v) is 8.84. The van der Waals surface area contributed by atoms with Crippen LogP contribution >= 0.6 is 0 Å². The van der Waals surface area contributed by atoms with Crippen LogP contribution in [-0.2, 0) is 31.2 Å². The Hall–Kier alpha value is -2.85. The second kappa shape index (κ2) is 8.13. The van der Waals surface area contributed by atoms with E-state index in [9.17, 15) is 4.79 Å². The summed E-state index contributed by atoms with van der Waals surface area (Å²) < 4.78 is 0. The van der Waals surface area contributed by atoms with E-state index in [-0.39, 0.29) is 17.4 Å². The highest BCUT2D eigenvalue weighted by molar-refractivity contribution is 5.94. The van der Waals surface area contributed by atoms with E-state index in [2.05, 4.69) is 67.5 Å². The van der Waals surface area contributed by atoms with E-state index in [4.69, 9.17) is 0 Å². The number of hydrogen-bond acceptors (Lipinski definition) is 2. The molecule has 2 aromatic carbocycles. The molecule has 3 unspecified atom stereocenters. The van der Waals surface area contributed by atoms with Crippen LogP contribution in [0, 0.1) is 12.8 Å². The molecule has 4 heteroatoms. The maximum absolute atomic E-state index is 13.9. The van der Waals surface area contributed by atoms with Gasteiger partial charge in [-0.1, -0.05) is 54.6 Å². The minimum atomic E-state index is 0.118. The number of rotatable bonds is 4. The SMILES string of the molecule is Cc1c(C(=O)N(Cc2ccccc2)C(C)C)[nH]c2c1CC1C3Cc4ccccc4C1(CCN3)C2. The lowest BCUT2D eigenvalue weighted by atomic mass is 9.52. The van der Waals surface area contributed by atoms with Crippen molar-refractivity contribution in [1.29, 1.82) is 0 Å². The Morgan fingerprint density at radius 2 is 1.85 bits per heavy atom. The highest BCUT2D eigenvalue weighted by Gasteiger charge is 2.53. The van der Waals surface area contributed by atoms with Gasteiger partial charge < -0.3 is 15.2 Å². The van der Waals surface area contributed by atoms with E-state index in [1.807, 2.05) is 23.1 Å². The number of carbonyl (C=O) groups is 1. The van der Waals surface area contributed by atoms with Crippen molar-refractivity contribution in [3.63, 3.8) is 0 Å². The molecule has 0 saturated carbocycles. The minimum Gasteiger partial charge on any atom is -0.354 e. The summed E-state index contributed by atoms with van der Waals surface area (Å²) in [4.78, 5) is 19.5. The van der Waals surface area contributed by atoms with Crippen LogP contribution in [0.2, 0.25) is 0 Å². The summed E-state index contributed by atoms with van der Waals surface area (Å²) in [5.41, 5.74) is 9.03. The predicted octanol–water partition coefficient (Wildman–Crippen LogP) is 4.94. The van der Waals surface area contributed by atoms with Gasteiger partial charge in [0, 0.05) is 29.7 Å². The lowest BCUT2D eigenvalue weighted by molar-refractivity contribution is 0.0684. The molecule has 3 atom stereocenters. The molecule has 2 bridgehead atoms. The number of fused-ring (bicyclic) bond motifs is 2. The summed E-state index contributed by atoms with van der Waals surface area (Å²) in [5, 5.41) is 3.84. The molecule has 1 amide bonds. The van der Waals surface area contributed by atoms with Crippen LogP contribution in [0.5, 0.6) is 0 Å². The number of nitrogens with zero attached hydrogens (tertiary/aromatic N) is 1. The molecule has 3 aromatic rings. The van der Waals surface area contributed by atoms with E-state index in [0.29, 0.717) is 18.5 Å². The number of aromatic nitrogens is 1. The molecule has 1 aliphatic heterocycles. The topological polar surface area (TPSA) is 48.1 Å². The minimum absolute atomic E-state index is 0.118. The largest absolute Gasteiger partial charge is 0.354 e. The number of hydrogen-bond donors (Lipinski definition) is 2. The van der Waals surface area contributed by atoms with Crippen LogP contribution in [-0.4, -0.2) is 34.4 Å². The quantitative estimate of drug-likeness (QED) is 0.588. The first-order chi connectivity index (χ1) is 16.5. The van der Waals surface area contributed by atoms with Crippen LogP contribution in [0.25, 0.3) is 0 Å². The molecule has 6 rings (SSSR count). The first-order valence-corrected chi connectivity index (χ1v) is 12.8. The van der Waals surface area contributed by atoms with Crippen LogP contribution in [0.3, 0.4) is 0 Å². The van der Waals surface area contributed by atoms with Crippen molar-refractivity contribution in [2.24, 2.45) is 5.92 Å². The lowest BCUT2D eigenvalue weighted by Gasteiger charge is -2.55. The normalized spacial score (nSPS) is 24.8. The fraction of sp³-hybridized carbons (Fsp3) is 0.433. The molecule has 1 fully saturated rings. The van der Waals surface area contributed by atoms with Crippen molar-refractivity contribution in [2.45, 2.75) is 70.5 Å². The molecule has 176 valence electrons. The number of nitrogens with one attached hydrogen (secondary N) is 2. The monoisotopic (exact) mass is 453 g/mol. The van der Waals surface area contributed by atoms with E-state index in [0.717, 1.165) is 43.5 Å². The molecule has 2 aliphatic carbocycles. The molecular formula is C30H35N3O. The summed E-state index contributed by atoms with van der Waals surface area (Å²) in [5.74, 6) is 0.708. The van der Waals surface area contributed by atoms with E-state index in [1.165, 1.54) is 22.4 Å². The van der Waals surface area contributed by atoms with Crippen LogP contribution in [0.15, 0.2) is 54.6 Å². The van der Waals surface area contributed by atoms with E-state index < -0.39 is 0 Å². The zero-order valence-corrected chi connectivity index (χ0v) is 20.5. The molecule has 2 N–H and O–H groups in total. The zero-order chi connectivity index (χ0) is 23.4. The number of carbonyl (C=O) groups excluding carboxylic acids is 1. The molecular weight excluding hydrogens is 418 g/mol. The van der Waals surface area contributed by atoms with Crippen LogP contribution < -0.4 is 5.32 Å². The summed E-state index contributed by atoms with van der Waals surface area (Å²) in [7, 11) is 0. The number of aromatic amines is 1. The molecule has 2 heterocycles. The summed E-state index contributed by atoms with van der Waals surface area (Å²) >= 11 is 0. The third kappa shape index (κ3) is 3.26. The Morgan fingerprint density at radius 3 is 2.65 bits per heavy atom. The van der Waals surface area contributed by atoms with Gasteiger partial charge in [-0.25, -0.2) is 0 Å². The molecule has 1 aromatic heterocycles. The van der Waals surface area contributed by atoms with Crippen molar-refractivity contribution < 1.29 is 4.79 Å². The number of H-pyrrole nitrogens is 1. The van der Waals surface area contributed by atoms with Crippen LogP contribution in [0.4, 0.5) is 0 Å². The highest BCUT2D eigenvalue weighted by atomic mass is 16.2. The fourth-order valence-electron chi connectivity index (χ4n) is 7.10. The van der Waals surface area contributed by atoms with Crippen LogP contribution in [0.1, 0.15) is 64.3 Å². The Kier molecular flexibility index (Phi) is 5.18. The van der Waals surface area contributed by atoms with Gasteiger partial charge in [-0.15, -0.1) is 0 Å². The zero-order valence-electron chi connectivity index (χ0n) is 20.5. The molecule has 0 radical (unpaired) electrons. The van der Waals surface area contributed by atoms with Crippen molar-refractivity contribution in [3.05, 3.63) is 93.8 Å². The first-order valence-electron chi connectivity index (χ1n) is 12.8. The van der Waals surface area contributed by atoms with Gasteiger partial charge >= 0.3 is 0 Å². The third-order valence-electron chi connectivity index (χ3n) is 8.84. The van der Waals surface area contributed by atoms with Gasteiger partial charge in [-0.05, 0) is 86.7 Å². The van der Waals surface area contributed by atoms with Gasteiger partial charge in [-0.3, -0.25) is 4.79 Å². The fourth-order valence-corrected chi connectivity index (χ4v) is 7.10. The standard InChI is InChI=1S/C30H35N3O/c1-19(2)33(18-21-9-5-4-6-10-21)29(34)28-20(3)23-16-25-26-15-22-11-7-8-12-24(22)30(25,13-14-31-26)17-27(23)32-28/h4-12,19,25-26,31-32H,13-18H2,1-3H3.